The van der Waals surface area contributed by atoms with Crippen LogP contribution in [0.5, 0.6) is 0 Å². The third kappa shape index (κ3) is 4.67. The Morgan fingerprint density at radius 2 is 1.77 bits per heavy atom. The van der Waals surface area contributed by atoms with Crippen molar-refractivity contribution in [2.45, 2.75) is 13.8 Å². The van der Waals surface area contributed by atoms with Gasteiger partial charge in [0.2, 0.25) is 5.91 Å². The molecule has 0 spiro atoms. The maximum atomic E-state index is 14.3. The molecule has 1 aromatic carbocycles. The van der Waals surface area contributed by atoms with Gasteiger partial charge >= 0.3 is 0 Å². The highest BCUT2D eigenvalue weighted by molar-refractivity contribution is 6.00. The van der Waals surface area contributed by atoms with E-state index in [1.165, 1.54) is 10.7 Å². The van der Waals surface area contributed by atoms with Gasteiger partial charge in [-0.05, 0) is 26.0 Å². The zero-order valence-electron chi connectivity index (χ0n) is 17.6. The highest BCUT2D eigenvalue weighted by atomic mass is 19.1. The van der Waals surface area contributed by atoms with Crippen LogP contribution in [-0.4, -0.2) is 82.1 Å². The van der Waals surface area contributed by atoms with Crippen LogP contribution in [0.15, 0.2) is 24.4 Å². The summed E-state index contributed by atoms with van der Waals surface area (Å²) in [6.45, 7) is 7.69. The lowest BCUT2D eigenvalue weighted by Crippen LogP contribution is -2.51. The van der Waals surface area contributed by atoms with E-state index in [9.17, 15) is 18.4 Å². The van der Waals surface area contributed by atoms with Gasteiger partial charge in [-0.15, -0.1) is 0 Å². The molecule has 9 heteroatoms. The number of aromatic nitrogens is 2. The lowest BCUT2D eigenvalue weighted by atomic mass is 10.1. The predicted molar refractivity (Wildman–Crippen MR) is 109 cm³/mol. The number of piperazine rings is 1. The molecule has 2 heterocycles. The molecule has 0 atom stereocenters. The van der Waals surface area contributed by atoms with Crippen molar-refractivity contribution in [3.05, 3.63) is 41.6 Å². The Bertz CT molecular complexity index is 918. The minimum atomic E-state index is -0.762. The van der Waals surface area contributed by atoms with E-state index in [0.29, 0.717) is 45.8 Å². The van der Waals surface area contributed by atoms with Crippen LogP contribution < -0.4 is 0 Å². The number of carbonyl (C=O) groups excluding carboxylic acids is 2. The van der Waals surface area contributed by atoms with E-state index in [1.54, 1.807) is 23.0 Å². The fourth-order valence-corrected chi connectivity index (χ4v) is 3.67. The molecule has 1 aromatic heterocycles. The van der Waals surface area contributed by atoms with E-state index in [-0.39, 0.29) is 28.6 Å². The van der Waals surface area contributed by atoms with E-state index in [0.717, 1.165) is 12.1 Å². The number of hydrogen-bond acceptors (Lipinski definition) is 4. The van der Waals surface area contributed by atoms with Crippen molar-refractivity contribution in [3.63, 3.8) is 0 Å². The predicted octanol–water partition coefficient (Wildman–Crippen LogP) is 1.99. The number of hydrogen-bond donors (Lipinski definition) is 0. The van der Waals surface area contributed by atoms with Gasteiger partial charge < -0.3 is 9.80 Å². The molecule has 0 N–H and O–H groups in total. The first-order chi connectivity index (χ1) is 14.3. The Balaban J connectivity index is 1.70. The molecule has 30 heavy (non-hydrogen) atoms. The largest absolute Gasteiger partial charge is 0.342 e. The molecule has 0 saturated carbocycles. The summed E-state index contributed by atoms with van der Waals surface area (Å²) in [5.74, 6) is -1.62. The van der Waals surface area contributed by atoms with Crippen LogP contribution in [0.3, 0.4) is 0 Å². The molecule has 162 valence electrons. The summed E-state index contributed by atoms with van der Waals surface area (Å²) in [5.41, 5.74) is 0.554. The zero-order chi connectivity index (χ0) is 21.8. The number of rotatable bonds is 6. The Labute approximate surface area is 174 Å². The quantitative estimate of drug-likeness (QED) is 0.719. The van der Waals surface area contributed by atoms with Crippen molar-refractivity contribution in [1.82, 2.24) is 24.5 Å². The van der Waals surface area contributed by atoms with Crippen molar-refractivity contribution in [3.8, 4) is 11.3 Å². The summed E-state index contributed by atoms with van der Waals surface area (Å²) >= 11 is 0. The summed E-state index contributed by atoms with van der Waals surface area (Å²) in [5, 5.41) is 4.23. The standard InChI is InChI=1S/C21H27F2N5O2/c1-4-27(5-2)19(29)14-26-8-10-28(11-9-26)21(30)17-13-25(3)24-20(17)16-7-6-15(22)12-18(16)23/h6-7,12-13H,4-5,8-11,14H2,1-3H3. The van der Waals surface area contributed by atoms with Gasteiger partial charge in [-0.1, -0.05) is 0 Å². The minimum absolute atomic E-state index is 0.0844. The molecular weight excluding hydrogens is 392 g/mol. The smallest absolute Gasteiger partial charge is 0.257 e. The van der Waals surface area contributed by atoms with Crippen molar-refractivity contribution in [2.75, 3.05) is 45.8 Å². The van der Waals surface area contributed by atoms with Gasteiger partial charge in [-0.2, -0.15) is 5.10 Å². The molecule has 1 saturated heterocycles. The lowest BCUT2D eigenvalue weighted by Gasteiger charge is -2.35. The molecular formula is C21H27F2N5O2. The normalized spacial score (nSPS) is 14.8. The number of aryl methyl sites for hydroxylation is 1. The second-order valence-corrected chi connectivity index (χ2v) is 7.32. The molecule has 1 aliphatic rings. The fraction of sp³-hybridized carbons (Fsp3) is 0.476. The Kier molecular flexibility index (Phi) is 6.81. The molecule has 0 radical (unpaired) electrons. The number of nitrogens with zero attached hydrogens (tertiary/aromatic N) is 5. The van der Waals surface area contributed by atoms with Crippen LogP contribution >= 0.6 is 0 Å². The van der Waals surface area contributed by atoms with Crippen molar-refractivity contribution >= 4 is 11.8 Å². The monoisotopic (exact) mass is 419 g/mol. The first-order valence-electron chi connectivity index (χ1n) is 10.1. The Hall–Kier alpha value is -2.81. The average molecular weight is 419 g/mol. The number of benzene rings is 1. The van der Waals surface area contributed by atoms with Gasteiger partial charge in [0.15, 0.2) is 0 Å². The van der Waals surface area contributed by atoms with Crippen LogP contribution in [0.25, 0.3) is 11.3 Å². The van der Waals surface area contributed by atoms with Crippen LogP contribution in [0, 0.1) is 11.6 Å². The molecule has 1 fully saturated rings. The number of halogens is 2. The zero-order valence-corrected chi connectivity index (χ0v) is 17.6. The summed E-state index contributed by atoms with van der Waals surface area (Å²) in [7, 11) is 1.65. The highest BCUT2D eigenvalue weighted by Crippen LogP contribution is 2.26. The van der Waals surface area contributed by atoms with Gasteiger partial charge in [0.25, 0.3) is 5.91 Å². The summed E-state index contributed by atoms with van der Waals surface area (Å²) in [6, 6.07) is 3.22. The minimum Gasteiger partial charge on any atom is -0.342 e. The molecule has 1 aliphatic heterocycles. The molecule has 2 aromatic rings. The first-order valence-corrected chi connectivity index (χ1v) is 10.1. The maximum absolute atomic E-state index is 14.3. The van der Waals surface area contributed by atoms with Gasteiger partial charge in [-0.3, -0.25) is 19.2 Å². The fourth-order valence-electron chi connectivity index (χ4n) is 3.67. The lowest BCUT2D eigenvalue weighted by molar-refractivity contribution is -0.132. The third-order valence-electron chi connectivity index (χ3n) is 5.38. The molecule has 7 nitrogen and oxygen atoms in total. The Morgan fingerprint density at radius 1 is 1.10 bits per heavy atom. The number of amides is 2. The molecule has 2 amide bonds. The van der Waals surface area contributed by atoms with Gasteiger partial charge in [0, 0.05) is 64.1 Å². The van der Waals surface area contributed by atoms with E-state index < -0.39 is 11.6 Å². The summed E-state index contributed by atoms with van der Waals surface area (Å²) in [4.78, 5) is 30.9. The second kappa shape index (κ2) is 9.34. The van der Waals surface area contributed by atoms with Crippen molar-refractivity contribution in [1.29, 1.82) is 0 Å². The maximum Gasteiger partial charge on any atom is 0.257 e. The highest BCUT2D eigenvalue weighted by Gasteiger charge is 2.28. The van der Waals surface area contributed by atoms with Crippen LogP contribution in [0.4, 0.5) is 8.78 Å². The Morgan fingerprint density at radius 3 is 2.37 bits per heavy atom. The number of likely N-dealkylation sites (N-methyl/N-ethyl adjacent to an activating group) is 1. The van der Waals surface area contributed by atoms with E-state index >= 15 is 0 Å². The summed E-state index contributed by atoms with van der Waals surface area (Å²) < 4.78 is 29.0. The summed E-state index contributed by atoms with van der Waals surface area (Å²) in [6.07, 6.45) is 1.55. The van der Waals surface area contributed by atoms with E-state index in [1.807, 2.05) is 18.7 Å². The molecule has 0 unspecified atom stereocenters. The molecule has 3 rings (SSSR count). The third-order valence-corrected chi connectivity index (χ3v) is 5.38. The molecule has 0 aliphatic carbocycles. The van der Waals surface area contributed by atoms with Gasteiger partial charge in [0.05, 0.1) is 12.1 Å². The van der Waals surface area contributed by atoms with Crippen LogP contribution in [-0.2, 0) is 11.8 Å². The van der Waals surface area contributed by atoms with Crippen molar-refractivity contribution in [2.24, 2.45) is 7.05 Å². The SMILES string of the molecule is CCN(CC)C(=O)CN1CCN(C(=O)c2cn(C)nc2-c2ccc(F)cc2F)CC1. The topological polar surface area (TPSA) is 61.7 Å². The van der Waals surface area contributed by atoms with E-state index in [2.05, 4.69) is 5.10 Å². The van der Waals surface area contributed by atoms with Gasteiger partial charge in [0.1, 0.15) is 17.3 Å². The average Bonchev–Trinajstić information content (AvgIpc) is 3.10. The van der Waals surface area contributed by atoms with E-state index in [4.69, 9.17) is 0 Å². The second-order valence-electron chi connectivity index (χ2n) is 7.32. The van der Waals surface area contributed by atoms with Gasteiger partial charge in [-0.25, -0.2) is 8.78 Å². The first kappa shape index (κ1) is 21.9. The number of carbonyl (C=O) groups is 2. The van der Waals surface area contributed by atoms with Crippen LogP contribution in [0.1, 0.15) is 24.2 Å². The van der Waals surface area contributed by atoms with Crippen LogP contribution in [0.2, 0.25) is 0 Å². The molecule has 0 bridgehead atoms. The van der Waals surface area contributed by atoms with Crippen molar-refractivity contribution < 1.29 is 18.4 Å².